The molecule has 0 aliphatic carbocycles. The third kappa shape index (κ3) is 2.28. The fourth-order valence-electron chi connectivity index (χ4n) is 3.41. The zero-order chi connectivity index (χ0) is 17.6. The van der Waals surface area contributed by atoms with Gasteiger partial charge in [-0.1, -0.05) is 17.7 Å². The minimum atomic E-state index is -0.934. The van der Waals surface area contributed by atoms with Gasteiger partial charge in [0.1, 0.15) is 12.0 Å². The molecule has 1 fully saturated rings. The molecule has 126 valence electrons. The van der Waals surface area contributed by atoms with Crippen LogP contribution in [0.3, 0.4) is 0 Å². The fourth-order valence-corrected chi connectivity index (χ4v) is 3.41. The van der Waals surface area contributed by atoms with Crippen molar-refractivity contribution in [1.82, 2.24) is 5.43 Å². The van der Waals surface area contributed by atoms with E-state index in [1.165, 1.54) is 4.90 Å². The fraction of sp³-hybridized carbons (Fsp3) is 0.412. The second-order valence-corrected chi connectivity index (χ2v) is 6.06. The highest BCUT2D eigenvalue weighted by Crippen LogP contribution is 2.35. The molecule has 2 heterocycles. The lowest BCUT2D eigenvalue weighted by molar-refractivity contribution is -0.136. The van der Waals surface area contributed by atoms with Crippen LogP contribution >= 0.6 is 0 Å². The van der Waals surface area contributed by atoms with Crippen LogP contribution in [-0.4, -0.2) is 36.1 Å². The highest BCUT2D eigenvalue weighted by molar-refractivity contribution is 6.46. The summed E-state index contributed by atoms with van der Waals surface area (Å²) in [6.45, 7) is 7.53. The average Bonchev–Trinajstić information content (AvgIpc) is 3.02. The summed E-state index contributed by atoms with van der Waals surface area (Å²) in [7, 11) is 0. The quantitative estimate of drug-likeness (QED) is 0.660. The molecule has 1 aromatic carbocycles. The second kappa shape index (κ2) is 5.74. The lowest BCUT2D eigenvalue weighted by Crippen LogP contribution is -2.37. The Morgan fingerprint density at radius 1 is 1.21 bits per heavy atom. The summed E-state index contributed by atoms with van der Waals surface area (Å²) >= 11 is 0. The SMILES string of the molecule is CCOC(=O)C1=NN[C@H]2C(=O)N(c3c(C)cc(C)cc3C)C(=O)[C@@H]12. The molecule has 1 aromatic rings. The summed E-state index contributed by atoms with van der Waals surface area (Å²) in [6.07, 6.45) is 0. The average molecular weight is 329 g/mol. The Balaban J connectivity index is 2.00. The van der Waals surface area contributed by atoms with Crippen molar-refractivity contribution in [2.75, 3.05) is 11.5 Å². The maximum Gasteiger partial charge on any atom is 0.355 e. The van der Waals surface area contributed by atoms with Crippen molar-refractivity contribution in [3.63, 3.8) is 0 Å². The summed E-state index contributed by atoms with van der Waals surface area (Å²) in [5.41, 5.74) is 5.88. The number of imide groups is 1. The third-order valence-electron chi connectivity index (χ3n) is 4.27. The normalized spacial score (nSPS) is 22.3. The van der Waals surface area contributed by atoms with E-state index < -0.39 is 29.7 Å². The molecule has 0 saturated carbocycles. The first kappa shape index (κ1) is 16.2. The lowest BCUT2D eigenvalue weighted by atomic mass is 9.99. The number of esters is 1. The predicted octanol–water partition coefficient (Wildman–Crippen LogP) is 0.992. The minimum Gasteiger partial charge on any atom is -0.461 e. The van der Waals surface area contributed by atoms with Gasteiger partial charge in [0, 0.05) is 0 Å². The Morgan fingerprint density at radius 2 is 1.83 bits per heavy atom. The smallest absolute Gasteiger partial charge is 0.355 e. The van der Waals surface area contributed by atoms with E-state index in [0.717, 1.165) is 16.7 Å². The number of hydrogen-bond donors (Lipinski definition) is 1. The van der Waals surface area contributed by atoms with Crippen LogP contribution in [0, 0.1) is 26.7 Å². The van der Waals surface area contributed by atoms with E-state index in [9.17, 15) is 14.4 Å². The molecule has 7 nitrogen and oxygen atoms in total. The number of carbonyl (C=O) groups is 3. The predicted molar refractivity (Wildman–Crippen MR) is 87.6 cm³/mol. The zero-order valence-corrected chi connectivity index (χ0v) is 14.0. The molecule has 1 N–H and O–H groups in total. The molecule has 0 bridgehead atoms. The van der Waals surface area contributed by atoms with Gasteiger partial charge in [-0.05, 0) is 38.8 Å². The standard InChI is InChI=1S/C17H19N3O4/c1-5-24-17(23)13-11-12(18-19-13)16(22)20(15(11)21)14-9(3)6-8(2)7-10(14)4/h6-7,11-12,18H,5H2,1-4H3/t11-,12-/m1/s1. The number of nitrogens with zero attached hydrogens (tertiary/aromatic N) is 2. The van der Waals surface area contributed by atoms with Crippen molar-refractivity contribution in [2.24, 2.45) is 11.0 Å². The van der Waals surface area contributed by atoms with Crippen molar-refractivity contribution in [1.29, 1.82) is 0 Å². The lowest BCUT2D eigenvalue weighted by Gasteiger charge is -2.21. The van der Waals surface area contributed by atoms with E-state index in [2.05, 4.69) is 10.5 Å². The number of rotatable bonds is 3. The summed E-state index contributed by atoms with van der Waals surface area (Å²) in [5.74, 6) is -2.45. The number of amides is 2. The molecule has 0 spiro atoms. The van der Waals surface area contributed by atoms with E-state index in [4.69, 9.17) is 4.74 Å². The van der Waals surface area contributed by atoms with Gasteiger partial charge in [0.15, 0.2) is 5.71 Å². The number of anilines is 1. The molecular weight excluding hydrogens is 310 g/mol. The topological polar surface area (TPSA) is 88.1 Å². The van der Waals surface area contributed by atoms with Gasteiger partial charge in [0.05, 0.1) is 12.3 Å². The van der Waals surface area contributed by atoms with Gasteiger partial charge in [0.2, 0.25) is 5.91 Å². The number of benzene rings is 1. The summed E-state index contributed by atoms with van der Waals surface area (Å²) in [6, 6.07) is 2.99. The van der Waals surface area contributed by atoms with Gasteiger partial charge < -0.3 is 4.74 Å². The Hall–Kier alpha value is -2.70. The molecule has 2 aliphatic rings. The molecule has 0 aromatic heterocycles. The van der Waals surface area contributed by atoms with Crippen LogP contribution in [0.5, 0.6) is 0 Å². The van der Waals surface area contributed by atoms with E-state index in [1.807, 2.05) is 32.9 Å². The van der Waals surface area contributed by atoms with Crippen LogP contribution in [-0.2, 0) is 19.1 Å². The van der Waals surface area contributed by atoms with E-state index >= 15 is 0 Å². The van der Waals surface area contributed by atoms with Crippen molar-refractivity contribution in [2.45, 2.75) is 33.7 Å². The Kier molecular flexibility index (Phi) is 3.87. The van der Waals surface area contributed by atoms with Crippen LogP contribution < -0.4 is 10.3 Å². The number of carbonyl (C=O) groups excluding carboxylic acids is 3. The zero-order valence-electron chi connectivity index (χ0n) is 14.0. The van der Waals surface area contributed by atoms with Crippen LogP contribution in [0.2, 0.25) is 0 Å². The Morgan fingerprint density at radius 3 is 2.42 bits per heavy atom. The maximum atomic E-state index is 12.9. The van der Waals surface area contributed by atoms with Gasteiger partial charge in [-0.3, -0.25) is 15.0 Å². The van der Waals surface area contributed by atoms with E-state index in [0.29, 0.717) is 5.69 Å². The summed E-state index contributed by atoms with van der Waals surface area (Å²) < 4.78 is 4.93. The number of aryl methyl sites for hydroxylation is 3. The van der Waals surface area contributed by atoms with Crippen LogP contribution in [0.4, 0.5) is 5.69 Å². The van der Waals surface area contributed by atoms with Crippen LogP contribution in [0.25, 0.3) is 0 Å². The molecule has 2 amide bonds. The van der Waals surface area contributed by atoms with Crippen molar-refractivity contribution < 1.29 is 19.1 Å². The van der Waals surface area contributed by atoms with E-state index in [1.54, 1.807) is 6.92 Å². The Labute approximate surface area is 139 Å². The molecule has 7 heteroatoms. The minimum absolute atomic E-state index is 0.0369. The van der Waals surface area contributed by atoms with Gasteiger partial charge in [-0.2, -0.15) is 5.10 Å². The molecule has 0 unspecified atom stereocenters. The second-order valence-electron chi connectivity index (χ2n) is 6.06. The number of ether oxygens (including phenoxy) is 1. The van der Waals surface area contributed by atoms with Gasteiger partial charge >= 0.3 is 5.97 Å². The highest BCUT2D eigenvalue weighted by Gasteiger charge is 2.56. The molecule has 0 radical (unpaired) electrons. The van der Waals surface area contributed by atoms with Gasteiger partial charge in [-0.25, -0.2) is 9.69 Å². The third-order valence-corrected chi connectivity index (χ3v) is 4.27. The van der Waals surface area contributed by atoms with E-state index in [-0.39, 0.29) is 12.3 Å². The molecule has 1 saturated heterocycles. The molecule has 24 heavy (non-hydrogen) atoms. The van der Waals surface area contributed by atoms with Crippen molar-refractivity contribution in [3.8, 4) is 0 Å². The number of fused-ring (bicyclic) bond motifs is 1. The Bertz CT molecular complexity index is 761. The number of hydrazone groups is 1. The number of nitrogens with one attached hydrogen (secondary N) is 1. The highest BCUT2D eigenvalue weighted by atomic mass is 16.5. The van der Waals surface area contributed by atoms with Gasteiger partial charge in [-0.15, -0.1) is 0 Å². The molecule has 3 rings (SSSR count). The first-order valence-electron chi connectivity index (χ1n) is 7.82. The molecule has 2 aliphatic heterocycles. The largest absolute Gasteiger partial charge is 0.461 e. The number of hydrogen-bond acceptors (Lipinski definition) is 6. The summed E-state index contributed by atoms with van der Waals surface area (Å²) in [4.78, 5) is 38.8. The monoisotopic (exact) mass is 329 g/mol. The van der Waals surface area contributed by atoms with Crippen LogP contribution in [0.15, 0.2) is 17.2 Å². The first-order chi connectivity index (χ1) is 11.4. The van der Waals surface area contributed by atoms with Crippen molar-refractivity contribution >= 4 is 29.2 Å². The van der Waals surface area contributed by atoms with Crippen LogP contribution in [0.1, 0.15) is 23.6 Å². The summed E-state index contributed by atoms with van der Waals surface area (Å²) in [5, 5.41) is 3.85. The molecular formula is C17H19N3O4. The molecule has 2 atom stereocenters. The van der Waals surface area contributed by atoms with Gasteiger partial charge in [0.25, 0.3) is 5.91 Å². The first-order valence-corrected chi connectivity index (χ1v) is 7.82. The van der Waals surface area contributed by atoms with Crippen molar-refractivity contribution in [3.05, 3.63) is 28.8 Å². The maximum absolute atomic E-state index is 12.9.